The number of anilines is 1. The third-order valence-corrected chi connectivity index (χ3v) is 3.62. The molecule has 1 fully saturated rings. The number of ether oxygens (including phenoxy) is 1. The number of rotatable bonds is 4. The van der Waals surface area contributed by atoms with Crippen molar-refractivity contribution in [3.8, 4) is 0 Å². The topological polar surface area (TPSA) is 119 Å². The van der Waals surface area contributed by atoms with Crippen LogP contribution in [0.5, 0.6) is 0 Å². The van der Waals surface area contributed by atoms with Crippen molar-refractivity contribution in [1.29, 1.82) is 0 Å². The number of hydrogen-bond donors (Lipinski definition) is 3. The Balaban J connectivity index is 2.47. The maximum atomic E-state index is 14.3. The molecule has 4 N–H and O–H groups in total. The van der Waals surface area contributed by atoms with Crippen molar-refractivity contribution in [2.45, 2.75) is 24.0 Å². The lowest BCUT2D eigenvalue weighted by molar-refractivity contribution is -0.113. The molecule has 1 aromatic heterocycles. The van der Waals surface area contributed by atoms with Gasteiger partial charge in [0.2, 0.25) is 0 Å². The molecule has 4 atom stereocenters. The Labute approximate surface area is 128 Å². The van der Waals surface area contributed by atoms with Gasteiger partial charge in [-0.05, 0) is 0 Å². The minimum Gasteiger partial charge on any atom is -0.393 e. The highest BCUT2D eigenvalue weighted by atomic mass is 19.1. The molecule has 0 bridgehead atoms. The Morgan fingerprint density at radius 3 is 2.74 bits per heavy atom. The lowest BCUT2D eigenvalue weighted by atomic mass is 9.97. The van der Waals surface area contributed by atoms with Crippen molar-refractivity contribution >= 4 is 11.5 Å². The molecular weight excluding hydrogens is 319 g/mol. The van der Waals surface area contributed by atoms with Crippen molar-refractivity contribution in [2.24, 2.45) is 4.99 Å². The van der Waals surface area contributed by atoms with Crippen molar-refractivity contribution in [1.82, 2.24) is 14.8 Å². The highest BCUT2D eigenvalue weighted by Crippen LogP contribution is 2.37. The van der Waals surface area contributed by atoms with Gasteiger partial charge in [0.05, 0.1) is 12.3 Å². The second-order valence-electron chi connectivity index (χ2n) is 5.00. The molecule has 0 spiro atoms. The molecule has 8 nitrogen and oxygen atoms in total. The molecule has 0 saturated carbocycles. The predicted octanol–water partition coefficient (Wildman–Crippen LogP) is -1.20. The van der Waals surface area contributed by atoms with E-state index in [-0.39, 0.29) is 17.0 Å². The SMILES string of the molecule is C=C([C@@H]1O[C@@](CO)(CF)[C@@H](O)[C@H]1F)n1nc(F)nc(N)/c1=N/C. The van der Waals surface area contributed by atoms with Crippen molar-refractivity contribution < 1.29 is 28.1 Å². The molecular formula is C12H16F3N5O3. The van der Waals surface area contributed by atoms with Gasteiger partial charge in [0.15, 0.2) is 17.5 Å². The number of nitrogen functional groups attached to an aromatic ring is 1. The summed E-state index contributed by atoms with van der Waals surface area (Å²) in [5, 5.41) is 22.4. The van der Waals surface area contributed by atoms with Crippen LogP contribution in [0, 0.1) is 6.08 Å². The number of halogens is 3. The molecule has 2 heterocycles. The summed E-state index contributed by atoms with van der Waals surface area (Å²) in [4.78, 5) is 7.02. The number of nitrogens with two attached hydrogens (primary N) is 1. The average molecular weight is 335 g/mol. The van der Waals surface area contributed by atoms with Gasteiger partial charge in [-0.1, -0.05) is 6.58 Å². The molecule has 1 aliphatic rings. The first kappa shape index (κ1) is 17.4. The Morgan fingerprint density at radius 1 is 1.61 bits per heavy atom. The minimum atomic E-state index is -2.13. The molecule has 1 aromatic rings. The van der Waals surface area contributed by atoms with E-state index in [1.165, 1.54) is 7.05 Å². The molecule has 0 amide bonds. The van der Waals surface area contributed by atoms with Gasteiger partial charge in [-0.3, -0.25) is 4.99 Å². The first-order chi connectivity index (χ1) is 10.8. The molecule has 23 heavy (non-hydrogen) atoms. The standard InChI is InChI=1S/C12H16F3N5O3/c1-5(20-10(17-2)9(16)18-11(15)19-20)7-6(14)8(22)12(3-13,4-21)23-7/h6-8,21-22H,1,3-4H2,2H3,(H2,16,18,19)/b17-10-/t6-,7-,8-,12+/m0/s1. The summed E-state index contributed by atoms with van der Waals surface area (Å²) in [6.45, 7) is 1.24. The molecule has 1 saturated heterocycles. The largest absolute Gasteiger partial charge is 0.393 e. The van der Waals surface area contributed by atoms with Crippen LogP contribution in [0.3, 0.4) is 0 Å². The maximum Gasteiger partial charge on any atom is 0.328 e. The zero-order valence-electron chi connectivity index (χ0n) is 12.2. The number of hydrogen-bond acceptors (Lipinski definition) is 7. The van der Waals surface area contributed by atoms with Crippen LogP contribution in [0.1, 0.15) is 0 Å². The number of aliphatic hydroxyl groups is 2. The smallest absolute Gasteiger partial charge is 0.328 e. The second kappa shape index (κ2) is 6.26. The summed E-state index contributed by atoms with van der Waals surface area (Å²) >= 11 is 0. The van der Waals surface area contributed by atoms with E-state index < -0.39 is 43.3 Å². The first-order valence-corrected chi connectivity index (χ1v) is 6.52. The van der Waals surface area contributed by atoms with Gasteiger partial charge in [-0.2, -0.15) is 9.37 Å². The summed E-state index contributed by atoms with van der Waals surface area (Å²) in [6.07, 6.45) is -6.87. The Bertz CT molecular complexity index is 676. The summed E-state index contributed by atoms with van der Waals surface area (Å²) < 4.78 is 46.7. The van der Waals surface area contributed by atoms with E-state index >= 15 is 0 Å². The van der Waals surface area contributed by atoms with Gasteiger partial charge in [0, 0.05) is 7.05 Å². The monoisotopic (exact) mass is 335 g/mol. The molecule has 0 unspecified atom stereocenters. The van der Waals surface area contributed by atoms with E-state index in [2.05, 4.69) is 21.7 Å². The molecule has 11 heteroatoms. The fraction of sp³-hybridized carbons (Fsp3) is 0.583. The van der Waals surface area contributed by atoms with E-state index in [4.69, 9.17) is 10.5 Å². The van der Waals surface area contributed by atoms with Crippen LogP contribution < -0.4 is 11.2 Å². The third-order valence-electron chi connectivity index (χ3n) is 3.62. The van der Waals surface area contributed by atoms with Gasteiger partial charge < -0.3 is 20.7 Å². The van der Waals surface area contributed by atoms with Crippen LogP contribution in [0.4, 0.5) is 19.0 Å². The van der Waals surface area contributed by atoms with Gasteiger partial charge in [-0.25, -0.2) is 13.5 Å². The van der Waals surface area contributed by atoms with Crippen molar-refractivity contribution in [3.05, 3.63) is 18.1 Å². The lowest BCUT2D eigenvalue weighted by Gasteiger charge is -2.26. The van der Waals surface area contributed by atoms with E-state index in [1.54, 1.807) is 0 Å². The molecule has 0 aliphatic carbocycles. The highest BCUT2D eigenvalue weighted by molar-refractivity contribution is 5.49. The molecule has 2 rings (SSSR count). The summed E-state index contributed by atoms with van der Waals surface area (Å²) in [5.74, 6) is -0.325. The molecule has 1 aliphatic heterocycles. The lowest BCUT2D eigenvalue weighted by Crippen LogP contribution is -2.47. The number of alkyl halides is 2. The minimum absolute atomic E-state index is 0.122. The Kier molecular flexibility index (Phi) is 4.73. The van der Waals surface area contributed by atoms with E-state index in [0.29, 0.717) is 0 Å². The van der Waals surface area contributed by atoms with Gasteiger partial charge in [0.1, 0.15) is 24.5 Å². The van der Waals surface area contributed by atoms with Crippen LogP contribution in [-0.2, 0) is 4.74 Å². The van der Waals surface area contributed by atoms with E-state index in [0.717, 1.165) is 4.68 Å². The third kappa shape index (κ3) is 2.71. The van der Waals surface area contributed by atoms with Crippen LogP contribution in [-0.4, -0.2) is 69.3 Å². The number of aromatic nitrogens is 3. The van der Waals surface area contributed by atoms with Gasteiger partial charge in [-0.15, -0.1) is 5.10 Å². The van der Waals surface area contributed by atoms with E-state index in [9.17, 15) is 23.4 Å². The zero-order valence-corrected chi connectivity index (χ0v) is 12.2. The second-order valence-corrected chi connectivity index (χ2v) is 5.00. The van der Waals surface area contributed by atoms with Crippen molar-refractivity contribution in [3.63, 3.8) is 0 Å². The van der Waals surface area contributed by atoms with Crippen LogP contribution in [0.15, 0.2) is 11.6 Å². The first-order valence-electron chi connectivity index (χ1n) is 6.52. The highest BCUT2D eigenvalue weighted by Gasteiger charge is 2.56. The number of nitrogens with zero attached hydrogens (tertiary/aromatic N) is 4. The maximum absolute atomic E-state index is 14.3. The normalized spacial score (nSPS) is 31.6. The van der Waals surface area contributed by atoms with Crippen LogP contribution in [0.25, 0.3) is 5.70 Å². The zero-order chi connectivity index (χ0) is 17.4. The fourth-order valence-corrected chi connectivity index (χ4v) is 2.32. The Hall–Kier alpha value is -1.98. The predicted molar refractivity (Wildman–Crippen MR) is 72.8 cm³/mol. The Morgan fingerprint density at radius 2 is 2.26 bits per heavy atom. The van der Waals surface area contributed by atoms with Crippen molar-refractivity contribution in [2.75, 3.05) is 26.1 Å². The molecule has 0 radical (unpaired) electrons. The van der Waals surface area contributed by atoms with Crippen LogP contribution >= 0.6 is 0 Å². The molecule has 0 aromatic carbocycles. The quantitative estimate of drug-likeness (QED) is 0.636. The molecule has 128 valence electrons. The van der Waals surface area contributed by atoms with Gasteiger partial charge >= 0.3 is 6.08 Å². The average Bonchev–Trinajstić information content (AvgIpc) is 2.78. The van der Waals surface area contributed by atoms with Crippen LogP contribution in [0.2, 0.25) is 0 Å². The summed E-state index contributed by atoms with van der Waals surface area (Å²) in [6, 6.07) is 0. The number of aliphatic hydroxyl groups excluding tert-OH is 2. The van der Waals surface area contributed by atoms with Gasteiger partial charge in [0.25, 0.3) is 0 Å². The van der Waals surface area contributed by atoms with E-state index in [1.807, 2.05) is 0 Å². The summed E-state index contributed by atoms with van der Waals surface area (Å²) in [7, 11) is 1.31. The summed E-state index contributed by atoms with van der Waals surface area (Å²) in [5.41, 5.74) is 2.97. The fourth-order valence-electron chi connectivity index (χ4n) is 2.32.